The molecule has 3 rings (SSSR count). The van der Waals surface area contributed by atoms with Gasteiger partial charge in [0.05, 0.1) is 12.0 Å². The number of aryl methyl sites for hydroxylation is 1. The van der Waals surface area contributed by atoms with Crippen molar-refractivity contribution in [3.8, 4) is 11.5 Å². The van der Waals surface area contributed by atoms with Gasteiger partial charge in [0, 0.05) is 35.2 Å². The molecule has 0 aliphatic rings. The highest BCUT2D eigenvalue weighted by atomic mass is 16.6. The Labute approximate surface area is 161 Å². The maximum Gasteiger partial charge on any atom is 0.336 e. The molecule has 0 aliphatic heterocycles. The van der Waals surface area contributed by atoms with Gasteiger partial charge in [-0.2, -0.15) is 0 Å². The van der Waals surface area contributed by atoms with Crippen LogP contribution in [0.2, 0.25) is 0 Å². The number of hydrogen-bond acceptors (Lipinski definition) is 6. The van der Waals surface area contributed by atoms with Gasteiger partial charge < -0.3 is 13.9 Å². The van der Waals surface area contributed by atoms with Crippen molar-refractivity contribution in [3.63, 3.8) is 0 Å². The van der Waals surface area contributed by atoms with Crippen LogP contribution in [0.4, 0.5) is 5.69 Å². The Morgan fingerprint density at radius 1 is 1.11 bits per heavy atom. The van der Waals surface area contributed by atoms with Crippen LogP contribution in [0.1, 0.15) is 30.9 Å². The molecule has 0 radical (unpaired) electrons. The van der Waals surface area contributed by atoms with Crippen LogP contribution in [0.25, 0.3) is 11.0 Å². The Morgan fingerprint density at radius 2 is 1.93 bits per heavy atom. The first-order valence-electron chi connectivity index (χ1n) is 9.02. The lowest BCUT2D eigenvalue weighted by Gasteiger charge is -2.11. The second-order valence-corrected chi connectivity index (χ2v) is 6.39. The minimum atomic E-state index is -0.467. The standard InChI is InChI=1S/C21H21NO6/c1-3-4-5-14-11-21(23)28-20-12-17(7-8-18(14)20)27-13-15-10-16(22(24)25)6-9-19(15)26-2/h6-12H,3-5,13H2,1-2H3. The van der Waals surface area contributed by atoms with Crippen molar-refractivity contribution in [2.75, 3.05) is 7.11 Å². The number of nitro benzene ring substituents is 1. The molecule has 1 aromatic heterocycles. The highest BCUT2D eigenvalue weighted by Crippen LogP contribution is 2.27. The highest BCUT2D eigenvalue weighted by molar-refractivity contribution is 5.81. The molecule has 2 aromatic carbocycles. The third kappa shape index (κ3) is 4.31. The van der Waals surface area contributed by atoms with Gasteiger partial charge in [0.15, 0.2) is 0 Å². The molecule has 7 nitrogen and oxygen atoms in total. The number of hydrogen-bond donors (Lipinski definition) is 0. The molecule has 1 heterocycles. The van der Waals surface area contributed by atoms with Gasteiger partial charge >= 0.3 is 5.63 Å². The van der Waals surface area contributed by atoms with Crippen LogP contribution in [0.3, 0.4) is 0 Å². The molecule has 146 valence electrons. The SMILES string of the molecule is CCCCc1cc(=O)oc2cc(OCc3cc([N+](=O)[O-])ccc3OC)ccc12. The van der Waals surface area contributed by atoms with Gasteiger partial charge in [0.1, 0.15) is 23.7 Å². The second-order valence-electron chi connectivity index (χ2n) is 6.39. The predicted octanol–water partition coefficient (Wildman–Crippen LogP) is 4.63. The quantitative estimate of drug-likeness (QED) is 0.320. The summed E-state index contributed by atoms with van der Waals surface area (Å²) in [4.78, 5) is 22.4. The molecule has 7 heteroatoms. The summed E-state index contributed by atoms with van der Waals surface area (Å²) in [5.74, 6) is 0.997. The molecular weight excluding hydrogens is 362 g/mol. The van der Waals surface area contributed by atoms with Gasteiger partial charge in [-0.3, -0.25) is 10.1 Å². The summed E-state index contributed by atoms with van der Waals surface area (Å²) >= 11 is 0. The average molecular weight is 383 g/mol. The number of ether oxygens (including phenoxy) is 2. The van der Waals surface area contributed by atoms with Crippen LogP contribution in [-0.2, 0) is 13.0 Å². The number of benzene rings is 2. The maximum absolute atomic E-state index is 11.9. The van der Waals surface area contributed by atoms with E-state index in [1.54, 1.807) is 12.1 Å². The fourth-order valence-corrected chi connectivity index (χ4v) is 3.03. The minimum absolute atomic E-state index is 0.0375. The molecule has 0 amide bonds. The van der Waals surface area contributed by atoms with Gasteiger partial charge in [0.2, 0.25) is 0 Å². The van der Waals surface area contributed by atoms with Crippen molar-refractivity contribution in [3.05, 3.63) is 74.1 Å². The Morgan fingerprint density at radius 3 is 2.64 bits per heavy atom. The summed E-state index contributed by atoms with van der Waals surface area (Å²) in [5.41, 5.74) is 1.54. The summed E-state index contributed by atoms with van der Waals surface area (Å²) in [5, 5.41) is 11.9. The van der Waals surface area contributed by atoms with Gasteiger partial charge in [-0.05, 0) is 36.6 Å². The van der Waals surface area contributed by atoms with E-state index in [0.717, 1.165) is 30.2 Å². The lowest BCUT2D eigenvalue weighted by atomic mass is 10.0. The molecule has 0 spiro atoms. The first-order valence-corrected chi connectivity index (χ1v) is 9.02. The molecule has 0 aliphatic carbocycles. The van der Waals surface area contributed by atoms with Gasteiger partial charge in [-0.25, -0.2) is 4.79 Å². The Balaban J connectivity index is 1.86. The van der Waals surface area contributed by atoms with E-state index in [2.05, 4.69) is 6.92 Å². The topological polar surface area (TPSA) is 91.8 Å². The Bertz CT molecular complexity index is 1060. The van der Waals surface area contributed by atoms with Crippen molar-refractivity contribution in [2.45, 2.75) is 32.8 Å². The number of non-ortho nitro benzene ring substituents is 1. The Hall–Kier alpha value is -3.35. The van der Waals surface area contributed by atoms with Gasteiger partial charge in [-0.15, -0.1) is 0 Å². The molecule has 0 saturated heterocycles. The number of nitro groups is 1. The number of nitrogens with zero attached hydrogens (tertiary/aromatic N) is 1. The molecule has 0 atom stereocenters. The largest absolute Gasteiger partial charge is 0.496 e. The molecule has 3 aromatic rings. The first-order chi connectivity index (χ1) is 13.5. The molecule has 0 N–H and O–H groups in total. The second kappa shape index (κ2) is 8.56. The number of unbranched alkanes of at least 4 members (excludes halogenated alkanes) is 1. The van der Waals surface area contributed by atoms with Crippen LogP contribution in [0.5, 0.6) is 11.5 Å². The zero-order valence-corrected chi connectivity index (χ0v) is 15.8. The normalized spacial score (nSPS) is 10.8. The van der Waals surface area contributed by atoms with Crippen LogP contribution >= 0.6 is 0 Å². The van der Waals surface area contributed by atoms with E-state index in [4.69, 9.17) is 13.9 Å². The summed E-state index contributed by atoms with van der Waals surface area (Å²) in [6, 6.07) is 11.2. The van der Waals surface area contributed by atoms with Crippen LogP contribution in [0.15, 0.2) is 51.7 Å². The molecule has 0 fully saturated rings. The van der Waals surface area contributed by atoms with Gasteiger partial charge in [0.25, 0.3) is 5.69 Å². The minimum Gasteiger partial charge on any atom is -0.496 e. The summed E-state index contributed by atoms with van der Waals surface area (Å²) in [7, 11) is 1.49. The van der Waals surface area contributed by atoms with Gasteiger partial charge in [-0.1, -0.05) is 13.3 Å². The predicted molar refractivity (Wildman–Crippen MR) is 105 cm³/mol. The summed E-state index contributed by atoms with van der Waals surface area (Å²) in [6.07, 6.45) is 2.83. The van der Waals surface area contributed by atoms with E-state index in [-0.39, 0.29) is 12.3 Å². The molecular formula is C21H21NO6. The zero-order valence-electron chi connectivity index (χ0n) is 15.8. The van der Waals surface area contributed by atoms with Crippen molar-refractivity contribution in [2.24, 2.45) is 0 Å². The van der Waals surface area contributed by atoms with Crippen molar-refractivity contribution < 1.29 is 18.8 Å². The molecule has 0 saturated carbocycles. The fraction of sp³-hybridized carbons (Fsp3) is 0.286. The lowest BCUT2D eigenvalue weighted by molar-refractivity contribution is -0.385. The lowest BCUT2D eigenvalue weighted by Crippen LogP contribution is -2.02. The maximum atomic E-state index is 11.9. The van der Waals surface area contributed by atoms with Crippen LogP contribution in [-0.4, -0.2) is 12.0 Å². The number of fused-ring (bicyclic) bond motifs is 1. The smallest absolute Gasteiger partial charge is 0.336 e. The number of methoxy groups -OCH3 is 1. The monoisotopic (exact) mass is 383 g/mol. The summed E-state index contributed by atoms with van der Waals surface area (Å²) in [6.45, 7) is 2.18. The van der Waals surface area contributed by atoms with Crippen molar-refractivity contribution in [1.29, 1.82) is 0 Å². The molecule has 0 unspecified atom stereocenters. The Kier molecular flexibility index (Phi) is 5.93. The number of rotatable bonds is 8. The summed E-state index contributed by atoms with van der Waals surface area (Å²) < 4.78 is 16.3. The van der Waals surface area contributed by atoms with Crippen LogP contribution in [0, 0.1) is 10.1 Å². The van der Waals surface area contributed by atoms with E-state index in [0.29, 0.717) is 22.6 Å². The van der Waals surface area contributed by atoms with E-state index < -0.39 is 10.5 Å². The third-order valence-corrected chi connectivity index (χ3v) is 4.47. The van der Waals surface area contributed by atoms with E-state index in [1.165, 1.54) is 31.4 Å². The van der Waals surface area contributed by atoms with Crippen molar-refractivity contribution >= 4 is 16.7 Å². The zero-order chi connectivity index (χ0) is 20.1. The molecule has 0 bridgehead atoms. The molecule has 28 heavy (non-hydrogen) atoms. The van der Waals surface area contributed by atoms with E-state index in [1.807, 2.05) is 6.07 Å². The van der Waals surface area contributed by atoms with E-state index in [9.17, 15) is 14.9 Å². The van der Waals surface area contributed by atoms with Crippen molar-refractivity contribution in [1.82, 2.24) is 0 Å². The van der Waals surface area contributed by atoms with Crippen LogP contribution < -0.4 is 15.1 Å². The average Bonchev–Trinajstić information content (AvgIpc) is 2.69. The van der Waals surface area contributed by atoms with E-state index >= 15 is 0 Å². The third-order valence-electron chi connectivity index (χ3n) is 4.47. The highest BCUT2D eigenvalue weighted by Gasteiger charge is 2.13. The first kappa shape index (κ1) is 19.4. The fourth-order valence-electron chi connectivity index (χ4n) is 3.03.